The average molecular weight is 451 g/mol. The zero-order valence-corrected chi connectivity index (χ0v) is 20.6. The molecule has 0 aliphatic carbocycles. The van der Waals surface area contributed by atoms with Crippen LogP contribution in [0.3, 0.4) is 0 Å². The SMILES string of the molecule is CC(C)(C)[Si](OCc1ccccc1C1SCCS1)(c1ccccc1)c1ccccc1. The molecule has 0 unspecified atom stereocenters. The Kier molecular flexibility index (Phi) is 6.78. The first-order valence-corrected chi connectivity index (χ1v) is 14.6. The highest BCUT2D eigenvalue weighted by atomic mass is 32.2. The Hall–Kier alpha value is -1.46. The molecule has 0 saturated carbocycles. The van der Waals surface area contributed by atoms with E-state index in [1.165, 1.54) is 33.0 Å². The molecule has 3 aromatic carbocycles. The van der Waals surface area contributed by atoms with Crippen LogP contribution < -0.4 is 10.4 Å². The summed E-state index contributed by atoms with van der Waals surface area (Å²) >= 11 is 4.12. The Morgan fingerprint density at radius 3 is 1.80 bits per heavy atom. The number of rotatable bonds is 6. The van der Waals surface area contributed by atoms with Crippen LogP contribution in [0.2, 0.25) is 5.04 Å². The summed E-state index contributed by atoms with van der Waals surface area (Å²) in [6.07, 6.45) is 0. The van der Waals surface area contributed by atoms with E-state index in [2.05, 4.69) is 129 Å². The molecule has 1 saturated heterocycles. The summed E-state index contributed by atoms with van der Waals surface area (Å²) in [5.74, 6) is 2.47. The minimum atomic E-state index is -2.51. The van der Waals surface area contributed by atoms with Gasteiger partial charge in [-0.15, -0.1) is 23.5 Å². The van der Waals surface area contributed by atoms with Crippen molar-refractivity contribution in [3.63, 3.8) is 0 Å². The predicted octanol–water partition coefficient (Wildman–Crippen LogP) is 6.24. The van der Waals surface area contributed by atoms with Crippen LogP contribution in [0.4, 0.5) is 0 Å². The summed E-state index contributed by atoms with van der Waals surface area (Å²) in [6, 6.07) is 30.7. The van der Waals surface area contributed by atoms with Crippen molar-refractivity contribution in [3.8, 4) is 0 Å². The van der Waals surface area contributed by atoms with Crippen molar-refractivity contribution in [3.05, 3.63) is 96.1 Å². The molecule has 1 aliphatic rings. The van der Waals surface area contributed by atoms with E-state index in [-0.39, 0.29) is 5.04 Å². The highest BCUT2D eigenvalue weighted by molar-refractivity contribution is 8.19. The Labute approximate surface area is 190 Å². The molecule has 0 N–H and O–H groups in total. The molecule has 4 rings (SSSR count). The van der Waals surface area contributed by atoms with Gasteiger partial charge in [0.15, 0.2) is 0 Å². The van der Waals surface area contributed by atoms with Gasteiger partial charge in [0, 0.05) is 11.5 Å². The van der Waals surface area contributed by atoms with Gasteiger partial charge in [-0.3, -0.25) is 0 Å². The fourth-order valence-corrected chi connectivity index (χ4v) is 11.9. The maximum Gasteiger partial charge on any atom is 0.261 e. The maximum atomic E-state index is 7.17. The van der Waals surface area contributed by atoms with E-state index >= 15 is 0 Å². The van der Waals surface area contributed by atoms with Crippen molar-refractivity contribution in [2.75, 3.05) is 11.5 Å². The van der Waals surface area contributed by atoms with E-state index in [0.717, 1.165) is 0 Å². The first kappa shape index (κ1) is 21.8. The lowest BCUT2D eigenvalue weighted by atomic mass is 10.1. The maximum absolute atomic E-state index is 7.17. The molecule has 0 bridgehead atoms. The van der Waals surface area contributed by atoms with Gasteiger partial charge < -0.3 is 4.43 Å². The molecular formula is C26H30OS2Si. The third kappa shape index (κ3) is 4.29. The van der Waals surface area contributed by atoms with E-state index in [9.17, 15) is 0 Å². The summed E-state index contributed by atoms with van der Waals surface area (Å²) < 4.78 is 7.70. The van der Waals surface area contributed by atoms with E-state index in [0.29, 0.717) is 11.2 Å². The highest BCUT2D eigenvalue weighted by Gasteiger charge is 2.50. The predicted molar refractivity (Wildman–Crippen MR) is 137 cm³/mol. The van der Waals surface area contributed by atoms with Gasteiger partial charge in [-0.25, -0.2) is 0 Å². The summed E-state index contributed by atoms with van der Waals surface area (Å²) in [5, 5.41) is 2.68. The first-order valence-electron chi connectivity index (χ1n) is 10.6. The number of hydrogen-bond donors (Lipinski definition) is 0. The molecule has 30 heavy (non-hydrogen) atoms. The normalized spacial score (nSPS) is 15.4. The minimum absolute atomic E-state index is 0.00150. The van der Waals surface area contributed by atoms with Crippen LogP contribution in [0.5, 0.6) is 0 Å². The molecule has 0 radical (unpaired) electrons. The van der Waals surface area contributed by atoms with Crippen molar-refractivity contribution in [1.82, 2.24) is 0 Å². The van der Waals surface area contributed by atoms with Crippen molar-refractivity contribution in [2.45, 2.75) is 37.0 Å². The third-order valence-electron chi connectivity index (χ3n) is 5.79. The molecule has 1 heterocycles. The summed E-state index contributed by atoms with van der Waals surface area (Å²) in [6.45, 7) is 7.68. The van der Waals surface area contributed by atoms with Crippen LogP contribution in [0.1, 0.15) is 36.5 Å². The van der Waals surface area contributed by atoms with Gasteiger partial charge in [-0.1, -0.05) is 106 Å². The fourth-order valence-electron chi connectivity index (χ4n) is 4.38. The molecule has 4 heteroatoms. The Balaban J connectivity index is 1.77. The van der Waals surface area contributed by atoms with E-state index in [1.54, 1.807) is 0 Å². The second-order valence-corrected chi connectivity index (χ2v) is 15.8. The van der Waals surface area contributed by atoms with Crippen molar-refractivity contribution in [2.24, 2.45) is 0 Å². The lowest BCUT2D eigenvalue weighted by Gasteiger charge is -2.43. The Morgan fingerprint density at radius 2 is 1.27 bits per heavy atom. The lowest BCUT2D eigenvalue weighted by molar-refractivity contribution is 0.285. The molecule has 0 spiro atoms. The van der Waals surface area contributed by atoms with Gasteiger partial charge in [-0.05, 0) is 26.5 Å². The van der Waals surface area contributed by atoms with Gasteiger partial charge in [0.2, 0.25) is 0 Å². The van der Waals surface area contributed by atoms with Crippen molar-refractivity contribution < 1.29 is 4.43 Å². The van der Waals surface area contributed by atoms with Crippen molar-refractivity contribution in [1.29, 1.82) is 0 Å². The Morgan fingerprint density at radius 1 is 0.767 bits per heavy atom. The standard InChI is InChI=1S/C26H30OS2Si/c1-26(2,3)30(22-13-6-4-7-14-22,23-15-8-5-9-16-23)27-20-21-12-10-11-17-24(21)25-28-18-19-29-25/h4-17,25H,18-20H2,1-3H3. The largest absolute Gasteiger partial charge is 0.403 e. The van der Waals surface area contributed by atoms with Crippen LogP contribution in [0, 0.1) is 0 Å². The number of hydrogen-bond acceptors (Lipinski definition) is 3. The second-order valence-electron chi connectivity index (χ2n) is 8.72. The van der Waals surface area contributed by atoms with E-state index < -0.39 is 8.32 Å². The highest BCUT2D eigenvalue weighted by Crippen LogP contribution is 2.46. The van der Waals surface area contributed by atoms with Gasteiger partial charge in [-0.2, -0.15) is 0 Å². The second kappa shape index (κ2) is 9.35. The monoisotopic (exact) mass is 450 g/mol. The van der Waals surface area contributed by atoms with Gasteiger partial charge in [0.25, 0.3) is 8.32 Å². The van der Waals surface area contributed by atoms with E-state index in [4.69, 9.17) is 4.43 Å². The molecule has 156 valence electrons. The smallest absolute Gasteiger partial charge is 0.261 e. The van der Waals surface area contributed by atoms with E-state index in [1.807, 2.05) is 0 Å². The van der Waals surface area contributed by atoms with Gasteiger partial charge in [0.05, 0.1) is 11.2 Å². The van der Waals surface area contributed by atoms with Crippen LogP contribution in [-0.4, -0.2) is 19.8 Å². The fraction of sp³-hybridized carbons (Fsp3) is 0.308. The summed E-state index contributed by atoms with van der Waals surface area (Å²) in [7, 11) is -2.51. The van der Waals surface area contributed by atoms with Crippen LogP contribution in [0.15, 0.2) is 84.9 Å². The molecule has 3 aromatic rings. The zero-order valence-electron chi connectivity index (χ0n) is 18.0. The lowest BCUT2D eigenvalue weighted by Crippen LogP contribution is -2.66. The number of benzene rings is 3. The molecule has 0 aromatic heterocycles. The first-order chi connectivity index (χ1) is 14.5. The minimum Gasteiger partial charge on any atom is -0.403 e. The molecule has 1 aliphatic heterocycles. The quantitative estimate of drug-likeness (QED) is 0.411. The van der Waals surface area contributed by atoms with Gasteiger partial charge >= 0.3 is 0 Å². The zero-order chi connectivity index (χ0) is 21.0. The summed E-state index contributed by atoms with van der Waals surface area (Å²) in [4.78, 5) is 0. The molecular weight excluding hydrogens is 421 g/mol. The third-order valence-corrected chi connectivity index (χ3v) is 13.8. The number of thioether (sulfide) groups is 2. The molecule has 0 atom stereocenters. The van der Waals surface area contributed by atoms with Crippen molar-refractivity contribution >= 4 is 42.2 Å². The molecule has 1 fully saturated rings. The van der Waals surface area contributed by atoms with Gasteiger partial charge in [0.1, 0.15) is 0 Å². The van der Waals surface area contributed by atoms with Crippen LogP contribution >= 0.6 is 23.5 Å². The Bertz CT molecular complexity index is 908. The van der Waals surface area contributed by atoms with Crippen LogP contribution in [0.25, 0.3) is 0 Å². The molecule has 1 nitrogen and oxygen atoms in total. The topological polar surface area (TPSA) is 9.23 Å². The van der Waals surface area contributed by atoms with Crippen LogP contribution in [-0.2, 0) is 11.0 Å². The average Bonchev–Trinajstić information content (AvgIpc) is 3.30. The molecule has 0 amide bonds. The summed E-state index contributed by atoms with van der Waals surface area (Å²) in [5.41, 5.74) is 2.76.